The van der Waals surface area contributed by atoms with Gasteiger partial charge in [0.2, 0.25) is 0 Å². The molecule has 2 amide bonds. The lowest BCUT2D eigenvalue weighted by Gasteiger charge is -2.27. The number of hydrazone groups is 1. The van der Waals surface area contributed by atoms with Crippen molar-refractivity contribution in [1.82, 2.24) is 10.3 Å². The minimum Gasteiger partial charge on any atom is -0.469 e. The number of methoxy groups -OCH3 is 1. The number of alkyl carbamates (subject to hydrolysis) is 1. The van der Waals surface area contributed by atoms with Crippen molar-refractivity contribution in [2.24, 2.45) is 5.10 Å². The molecular formula is C16H19N3O5. The van der Waals surface area contributed by atoms with Crippen molar-refractivity contribution in [2.45, 2.75) is 25.5 Å². The second kappa shape index (κ2) is 8.09. The Hall–Kier alpha value is -2.90. The van der Waals surface area contributed by atoms with E-state index in [-0.39, 0.29) is 25.4 Å². The molecule has 1 heterocycles. The number of nitrogens with one attached hydrogen (secondary N) is 1. The standard InChI is InChI=1S/C16H19N3O5/c1-19-15(21)13(8-12(18-19)9-14(20)23-2)17-16(22)24-10-11-6-4-3-5-7-11/h3-7,13H,8-10H2,1-2H3,(H,17,22)/t13-/m0/s1. The summed E-state index contributed by atoms with van der Waals surface area (Å²) in [7, 11) is 2.74. The summed E-state index contributed by atoms with van der Waals surface area (Å²) in [6.45, 7) is 0.104. The van der Waals surface area contributed by atoms with Crippen LogP contribution >= 0.6 is 0 Å². The van der Waals surface area contributed by atoms with Crippen LogP contribution in [0.5, 0.6) is 0 Å². The highest BCUT2D eigenvalue weighted by Gasteiger charge is 2.31. The quantitative estimate of drug-likeness (QED) is 0.813. The summed E-state index contributed by atoms with van der Waals surface area (Å²) in [6, 6.07) is 8.37. The fourth-order valence-corrected chi connectivity index (χ4v) is 2.22. The molecule has 8 nitrogen and oxygen atoms in total. The Morgan fingerprint density at radius 2 is 2.04 bits per heavy atom. The van der Waals surface area contributed by atoms with Crippen LogP contribution in [0.25, 0.3) is 0 Å². The van der Waals surface area contributed by atoms with Crippen LogP contribution in [0.3, 0.4) is 0 Å². The third kappa shape index (κ3) is 4.80. The minimum atomic E-state index is -0.824. The number of carbonyl (C=O) groups excluding carboxylic acids is 3. The number of amides is 2. The highest BCUT2D eigenvalue weighted by Crippen LogP contribution is 2.12. The van der Waals surface area contributed by atoms with E-state index in [2.05, 4.69) is 15.2 Å². The molecule has 24 heavy (non-hydrogen) atoms. The Kier molecular flexibility index (Phi) is 5.89. The lowest BCUT2D eigenvalue weighted by atomic mass is 10.1. The third-order valence-electron chi connectivity index (χ3n) is 3.43. The summed E-state index contributed by atoms with van der Waals surface area (Å²) in [5.74, 6) is -0.831. The number of carbonyl (C=O) groups is 3. The fourth-order valence-electron chi connectivity index (χ4n) is 2.22. The average Bonchev–Trinajstić information content (AvgIpc) is 2.58. The summed E-state index contributed by atoms with van der Waals surface area (Å²) >= 11 is 0. The van der Waals surface area contributed by atoms with E-state index in [1.165, 1.54) is 14.2 Å². The molecule has 1 aromatic rings. The van der Waals surface area contributed by atoms with Crippen molar-refractivity contribution in [1.29, 1.82) is 0 Å². The third-order valence-corrected chi connectivity index (χ3v) is 3.43. The first-order valence-corrected chi connectivity index (χ1v) is 7.37. The largest absolute Gasteiger partial charge is 0.469 e. The van der Waals surface area contributed by atoms with Gasteiger partial charge in [-0.1, -0.05) is 30.3 Å². The molecule has 1 aromatic carbocycles. The van der Waals surface area contributed by atoms with Gasteiger partial charge < -0.3 is 14.8 Å². The average molecular weight is 333 g/mol. The number of hydrogen-bond donors (Lipinski definition) is 1. The first kappa shape index (κ1) is 17.5. The van der Waals surface area contributed by atoms with E-state index in [1.807, 2.05) is 30.3 Å². The topological polar surface area (TPSA) is 97.3 Å². The molecule has 2 rings (SSSR count). The van der Waals surface area contributed by atoms with Gasteiger partial charge in [0, 0.05) is 13.5 Å². The van der Waals surface area contributed by atoms with Gasteiger partial charge in [-0.3, -0.25) is 9.59 Å². The first-order valence-electron chi connectivity index (χ1n) is 7.37. The van der Waals surface area contributed by atoms with Crippen LogP contribution in [-0.4, -0.2) is 48.9 Å². The number of esters is 1. The lowest BCUT2D eigenvalue weighted by Crippen LogP contribution is -2.50. The summed E-state index contributed by atoms with van der Waals surface area (Å²) in [4.78, 5) is 35.3. The van der Waals surface area contributed by atoms with E-state index in [9.17, 15) is 14.4 Å². The predicted octanol–water partition coefficient (Wildman–Crippen LogP) is 1.06. The molecule has 8 heteroatoms. The number of ether oxygens (including phenoxy) is 2. The maximum Gasteiger partial charge on any atom is 0.408 e. The van der Waals surface area contributed by atoms with E-state index in [0.29, 0.717) is 5.71 Å². The normalized spacial score (nSPS) is 17.1. The SMILES string of the molecule is COC(=O)CC1=NN(C)C(=O)[C@@H](NC(=O)OCc2ccccc2)C1. The Labute approximate surface area is 139 Å². The van der Waals surface area contributed by atoms with Crippen molar-refractivity contribution in [2.75, 3.05) is 14.2 Å². The monoisotopic (exact) mass is 333 g/mol. The van der Waals surface area contributed by atoms with E-state index >= 15 is 0 Å². The minimum absolute atomic E-state index is 0.0363. The Balaban J connectivity index is 1.90. The van der Waals surface area contributed by atoms with Crippen LogP contribution in [-0.2, 0) is 25.7 Å². The van der Waals surface area contributed by atoms with Crippen LogP contribution in [0.1, 0.15) is 18.4 Å². The molecule has 0 saturated carbocycles. The zero-order chi connectivity index (χ0) is 17.5. The number of likely N-dealkylation sites (N-methyl/N-ethyl adjacent to an activating group) is 1. The number of benzene rings is 1. The maximum absolute atomic E-state index is 12.1. The molecule has 1 aliphatic heterocycles. The highest BCUT2D eigenvalue weighted by molar-refractivity contribution is 6.04. The zero-order valence-electron chi connectivity index (χ0n) is 13.5. The van der Waals surface area contributed by atoms with Gasteiger partial charge in [0.1, 0.15) is 12.6 Å². The molecular weight excluding hydrogens is 314 g/mol. The van der Waals surface area contributed by atoms with E-state index in [4.69, 9.17) is 4.74 Å². The molecule has 128 valence electrons. The van der Waals surface area contributed by atoms with Crippen molar-refractivity contribution in [3.05, 3.63) is 35.9 Å². The van der Waals surface area contributed by atoms with E-state index < -0.39 is 18.1 Å². The van der Waals surface area contributed by atoms with Crippen molar-refractivity contribution < 1.29 is 23.9 Å². The zero-order valence-corrected chi connectivity index (χ0v) is 13.5. The molecule has 0 bridgehead atoms. The molecule has 0 fully saturated rings. The number of nitrogens with zero attached hydrogens (tertiary/aromatic N) is 2. The molecule has 1 aliphatic rings. The predicted molar refractivity (Wildman–Crippen MR) is 85.0 cm³/mol. The maximum atomic E-state index is 12.1. The van der Waals surface area contributed by atoms with Gasteiger partial charge in [-0.25, -0.2) is 9.80 Å². The fraction of sp³-hybridized carbons (Fsp3) is 0.375. The van der Waals surface area contributed by atoms with E-state index in [1.54, 1.807) is 0 Å². The van der Waals surface area contributed by atoms with Gasteiger partial charge in [-0.2, -0.15) is 5.10 Å². The van der Waals surface area contributed by atoms with Gasteiger partial charge in [0.15, 0.2) is 0 Å². The summed E-state index contributed by atoms with van der Waals surface area (Å²) in [5, 5.41) is 7.62. The molecule has 0 unspecified atom stereocenters. The van der Waals surface area contributed by atoms with Gasteiger partial charge in [0.05, 0.1) is 19.2 Å². The molecule has 0 radical (unpaired) electrons. The molecule has 1 N–H and O–H groups in total. The Morgan fingerprint density at radius 3 is 2.71 bits per heavy atom. The number of rotatable bonds is 5. The van der Waals surface area contributed by atoms with E-state index in [0.717, 1.165) is 10.6 Å². The second-order valence-electron chi connectivity index (χ2n) is 5.24. The smallest absolute Gasteiger partial charge is 0.408 e. The van der Waals surface area contributed by atoms with Gasteiger partial charge >= 0.3 is 12.1 Å². The summed E-state index contributed by atoms with van der Waals surface area (Å²) in [6.07, 6.45) is -0.603. The second-order valence-corrected chi connectivity index (χ2v) is 5.24. The lowest BCUT2D eigenvalue weighted by molar-refractivity contribution is -0.139. The Bertz CT molecular complexity index is 644. The van der Waals surface area contributed by atoms with Crippen molar-refractivity contribution >= 4 is 23.7 Å². The van der Waals surface area contributed by atoms with Crippen LogP contribution in [0, 0.1) is 0 Å². The summed E-state index contributed by atoms with van der Waals surface area (Å²) in [5.41, 5.74) is 1.30. The molecule has 0 saturated heterocycles. The van der Waals surface area contributed by atoms with Crippen LogP contribution in [0.15, 0.2) is 35.4 Å². The van der Waals surface area contributed by atoms with Crippen molar-refractivity contribution in [3.63, 3.8) is 0 Å². The van der Waals surface area contributed by atoms with Crippen molar-refractivity contribution in [3.8, 4) is 0 Å². The van der Waals surface area contributed by atoms with Crippen LogP contribution in [0.2, 0.25) is 0 Å². The van der Waals surface area contributed by atoms with Gasteiger partial charge in [0.25, 0.3) is 5.91 Å². The van der Waals surface area contributed by atoms with Gasteiger partial charge in [-0.15, -0.1) is 0 Å². The summed E-state index contributed by atoms with van der Waals surface area (Å²) < 4.78 is 9.68. The molecule has 0 aliphatic carbocycles. The van der Waals surface area contributed by atoms with Crippen LogP contribution in [0.4, 0.5) is 4.79 Å². The molecule has 0 aromatic heterocycles. The van der Waals surface area contributed by atoms with Crippen LogP contribution < -0.4 is 5.32 Å². The van der Waals surface area contributed by atoms with Gasteiger partial charge in [-0.05, 0) is 5.56 Å². The Morgan fingerprint density at radius 1 is 1.33 bits per heavy atom. The first-order chi connectivity index (χ1) is 11.5. The molecule has 0 spiro atoms. The number of hydrogen-bond acceptors (Lipinski definition) is 6. The highest BCUT2D eigenvalue weighted by atomic mass is 16.5. The molecule has 1 atom stereocenters.